The van der Waals surface area contributed by atoms with Crippen LogP contribution in [0.5, 0.6) is 11.5 Å². The lowest BCUT2D eigenvalue weighted by atomic mass is 9.89. The van der Waals surface area contributed by atoms with Gasteiger partial charge in [-0.05, 0) is 68.0 Å². The Morgan fingerprint density at radius 2 is 1.61 bits per heavy atom. The molecular formula is C24H30O4. The van der Waals surface area contributed by atoms with E-state index in [4.69, 9.17) is 9.47 Å². The Balaban J connectivity index is 2.83. The summed E-state index contributed by atoms with van der Waals surface area (Å²) in [7, 11) is 3.30. The molecule has 0 atom stereocenters. The number of methoxy groups -OCH3 is 2. The van der Waals surface area contributed by atoms with Gasteiger partial charge in [-0.2, -0.15) is 0 Å². The van der Waals surface area contributed by atoms with Crippen molar-refractivity contribution in [2.24, 2.45) is 0 Å². The van der Waals surface area contributed by atoms with Crippen LogP contribution in [0.25, 0.3) is 17.2 Å². The predicted molar refractivity (Wildman–Crippen MR) is 115 cm³/mol. The van der Waals surface area contributed by atoms with E-state index in [0.29, 0.717) is 5.56 Å². The van der Waals surface area contributed by atoms with Gasteiger partial charge in [0.25, 0.3) is 0 Å². The maximum Gasteiger partial charge on any atom is 0.336 e. The Bertz CT molecular complexity index is 923. The highest BCUT2D eigenvalue weighted by Crippen LogP contribution is 2.44. The first kappa shape index (κ1) is 21.5. The molecule has 28 heavy (non-hydrogen) atoms. The molecule has 0 aliphatic heterocycles. The van der Waals surface area contributed by atoms with Crippen molar-refractivity contribution in [1.82, 2.24) is 0 Å². The van der Waals surface area contributed by atoms with Gasteiger partial charge in [0.1, 0.15) is 11.5 Å². The lowest BCUT2D eigenvalue weighted by Crippen LogP contribution is -2.05. The van der Waals surface area contributed by atoms with Crippen LogP contribution in [0.4, 0.5) is 0 Å². The Hall–Kier alpha value is -2.75. The fourth-order valence-electron chi connectivity index (χ4n) is 3.71. The fourth-order valence-corrected chi connectivity index (χ4v) is 3.71. The van der Waals surface area contributed by atoms with Gasteiger partial charge in [0.05, 0.1) is 19.8 Å². The molecule has 0 unspecified atom stereocenters. The second kappa shape index (κ2) is 8.96. The Morgan fingerprint density at radius 3 is 2.14 bits per heavy atom. The molecule has 0 saturated heterocycles. The molecule has 4 heteroatoms. The SMILES string of the molecule is CCC/C=C/c1c(C)cc(-c2c(C)c(OC)c(C)c(C)c2OC)cc1C(=O)O. The number of aromatic carboxylic acids is 1. The van der Waals surface area contributed by atoms with E-state index in [1.54, 1.807) is 20.3 Å². The quantitative estimate of drug-likeness (QED) is 0.627. The minimum atomic E-state index is -0.937. The van der Waals surface area contributed by atoms with Gasteiger partial charge in [-0.25, -0.2) is 4.79 Å². The van der Waals surface area contributed by atoms with E-state index in [-0.39, 0.29) is 0 Å². The van der Waals surface area contributed by atoms with Gasteiger partial charge in [-0.15, -0.1) is 0 Å². The zero-order valence-corrected chi connectivity index (χ0v) is 17.9. The second-order valence-corrected chi connectivity index (χ2v) is 7.07. The maximum absolute atomic E-state index is 12.0. The molecule has 150 valence electrons. The zero-order chi connectivity index (χ0) is 21.0. The Labute approximate surface area is 167 Å². The molecule has 2 aromatic carbocycles. The summed E-state index contributed by atoms with van der Waals surface area (Å²) in [6.07, 6.45) is 5.88. The highest BCUT2D eigenvalue weighted by Gasteiger charge is 2.22. The summed E-state index contributed by atoms with van der Waals surface area (Å²) in [5, 5.41) is 9.82. The van der Waals surface area contributed by atoms with Crippen molar-refractivity contribution < 1.29 is 19.4 Å². The molecule has 2 rings (SSSR count). The number of hydrogen-bond acceptors (Lipinski definition) is 3. The number of carboxylic acid groups (broad SMARTS) is 1. The van der Waals surface area contributed by atoms with Gasteiger partial charge in [0.15, 0.2) is 0 Å². The lowest BCUT2D eigenvalue weighted by Gasteiger charge is -2.21. The molecule has 4 nitrogen and oxygen atoms in total. The van der Waals surface area contributed by atoms with Gasteiger partial charge in [-0.3, -0.25) is 0 Å². The van der Waals surface area contributed by atoms with Gasteiger partial charge in [0.2, 0.25) is 0 Å². The molecule has 0 radical (unpaired) electrons. The van der Waals surface area contributed by atoms with E-state index < -0.39 is 5.97 Å². The number of aryl methyl sites for hydroxylation is 1. The lowest BCUT2D eigenvalue weighted by molar-refractivity contribution is 0.0696. The van der Waals surface area contributed by atoms with Crippen molar-refractivity contribution in [3.63, 3.8) is 0 Å². The highest BCUT2D eigenvalue weighted by molar-refractivity contribution is 5.95. The topological polar surface area (TPSA) is 55.8 Å². The molecule has 0 aliphatic rings. The number of carboxylic acids is 1. The van der Waals surface area contributed by atoms with Crippen LogP contribution in [0.15, 0.2) is 18.2 Å². The number of benzene rings is 2. The molecule has 0 bridgehead atoms. The van der Waals surface area contributed by atoms with E-state index in [2.05, 4.69) is 6.92 Å². The molecule has 1 N–H and O–H groups in total. The third kappa shape index (κ3) is 3.91. The smallest absolute Gasteiger partial charge is 0.336 e. The molecular weight excluding hydrogens is 352 g/mol. The molecule has 0 aromatic heterocycles. The number of unbranched alkanes of at least 4 members (excludes halogenated alkanes) is 1. The van der Waals surface area contributed by atoms with Gasteiger partial charge in [-0.1, -0.05) is 31.6 Å². The average molecular weight is 383 g/mol. The minimum absolute atomic E-state index is 0.293. The van der Waals surface area contributed by atoms with Crippen LogP contribution in [0, 0.1) is 27.7 Å². The van der Waals surface area contributed by atoms with Crippen LogP contribution in [-0.4, -0.2) is 25.3 Å². The van der Waals surface area contributed by atoms with Crippen molar-refractivity contribution in [3.8, 4) is 22.6 Å². The normalized spacial score (nSPS) is 11.1. The third-order valence-electron chi connectivity index (χ3n) is 5.24. The average Bonchev–Trinajstić information content (AvgIpc) is 2.65. The van der Waals surface area contributed by atoms with E-state index in [1.807, 2.05) is 45.9 Å². The van der Waals surface area contributed by atoms with Crippen molar-refractivity contribution in [2.45, 2.75) is 47.5 Å². The molecule has 0 aliphatic carbocycles. The third-order valence-corrected chi connectivity index (χ3v) is 5.24. The van der Waals surface area contributed by atoms with E-state index in [0.717, 1.165) is 63.3 Å². The van der Waals surface area contributed by atoms with Crippen LogP contribution in [0.3, 0.4) is 0 Å². The largest absolute Gasteiger partial charge is 0.496 e. The number of hydrogen-bond donors (Lipinski definition) is 1. The van der Waals surface area contributed by atoms with Crippen molar-refractivity contribution >= 4 is 12.0 Å². The van der Waals surface area contributed by atoms with Crippen LogP contribution in [0.2, 0.25) is 0 Å². The molecule has 0 fully saturated rings. The summed E-state index contributed by atoms with van der Waals surface area (Å²) < 4.78 is 11.4. The monoisotopic (exact) mass is 382 g/mol. The Kier molecular flexibility index (Phi) is 6.90. The first-order chi connectivity index (χ1) is 13.3. The molecule has 0 amide bonds. The maximum atomic E-state index is 12.0. The number of allylic oxidation sites excluding steroid dienone is 1. The molecule has 2 aromatic rings. The molecule has 0 saturated carbocycles. The van der Waals surface area contributed by atoms with E-state index in [9.17, 15) is 9.90 Å². The Morgan fingerprint density at radius 1 is 1.00 bits per heavy atom. The molecule has 0 spiro atoms. The van der Waals surface area contributed by atoms with E-state index in [1.165, 1.54) is 0 Å². The molecule has 0 heterocycles. The number of carbonyl (C=O) groups is 1. The summed E-state index contributed by atoms with van der Waals surface area (Å²) in [5.41, 5.74) is 6.60. The zero-order valence-electron chi connectivity index (χ0n) is 17.9. The first-order valence-corrected chi connectivity index (χ1v) is 9.54. The summed E-state index contributed by atoms with van der Waals surface area (Å²) in [5.74, 6) is 0.615. The summed E-state index contributed by atoms with van der Waals surface area (Å²) >= 11 is 0. The minimum Gasteiger partial charge on any atom is -0.496 e. The van der Waals surface area contributed by atoms with Crippen LogP contribution >= 0.6 is 0 Å². The van der Waals surface area contributed by atoms with Crippen LogP contribution in [0.1, 0.15) is 57.9 Å². The van der Waals surface area contributed by atoms with Crippen molar-refractivity contribution in [3.05, 3.63) is 51.6 Å². The summed E-state index contributed by atoms with van der Waals surface area (Å²) in [6.45, 7) is 10.0. The van der Waals surface area contributed by atoms with Gasteiger partial charge >= 0.3 is 5.97 Å². The van der Waals surface area contributed by atoms with E-state index >= 15 is 0 Å². The first-order valence-electron chi connectivity index (χ1n) is 9.54. The van der Waals surface area contributed by atoms with Crippen LogP contribution in [-0.2, 0) is 0 Å². The fraction of sp³-hybridized carbons (Fsp3) is 0.375. The van der Waals surface area contributed by atoms with Crippen molar-refractivity contribution in [2.75, 3.05) is 14.2 Å². The highest BCUT2D eigenvalue weighted by atomic mass is 16.5. The summed E-state index contributed by atoms with van der Waals surface area (Å²) in [4.78, 5) is 12.0. The van der Waals surface area contributed by atoms with Crippen LogP contribution < -0.4 is 9.47 Å². The predicted octanol–water partition coefficient (Wildman–Crippen LogP) is 6.12. The number of rotatable bonds is 7. The number of ether oxygens (including phenoxy) is 2. The summed E-state index contributed by atoms with van der Waals surface area (Å²) in [6, 6.07) is 3.76. The van der Waals surface area contributed by atoms with Gasteiger partial charge < -0.3 is 14.6 Å². The second-order valence-electron chi connectivity index (χ2n) is 7.07. The van der Waals surface area contributed by atoms with Crippen molar-refractivity contribution in [1.29, 1.82) is 0 Å². The van der Waals surface area contributed by atoms with Gasteiger partial charge in [0, 0.05) is 11.1 Å². The standard InChI is InChI=1S/C24H30O4/c1-8-9-10-11-19-14(2)12-18(13-20(19)24(25)26)21-17(5)22(27-6)15(3)16(4)23(21)28-7/h10-13H,8-9H2,1-7H3,(H,25,26)/b11-10+.